The molecule has 0 aliphatic heterocycles. The molecule has 0 unspecified atom stereocenters. The quantitative estimate of drug-likeness (QED) is 0.229. The summed E-state index contributed by atoms with van der Waals surface area (Å²) in [5.41, 5.74) is 4.14. The Bertz CT molecular complexity index is 1520. The predicted molar refractivity (Wildman–Crippen MR) is 178 cm³/mol. The Morgan fingerprint density at radius 2 is 1.61 bits per heavy atom. The number of amides is 2. The van der Waals surface area contributed by atoms with Crippen LogP contribution in [0.1, 0.15) is 67.2 Å². The van der Waals surface area contributed by atoms with Crippen LogP contribution in [0.15, 0.2) is 72.8 Å². The number of halogens is 1. The minimum Gasteiger partial charge on any atom is -0.352 e. The van der Waals surface area contributed by atoms with Gasteiger partial charge in [-0.2, -0.15) is 0 Å². The zero-order chi connectivity index (χ0) is 31.7. The maximum absolute atomic E-state index is 14.1. The summed E-state index contributed by atoms with van der Waals surface area (Å²) in [6.45, 7) is 4.18. The summed E-state index contributed by atoms with van der Waals surface area (Å²) in [5, 5.41) is 3.75. The molecule has 4 rings (SSSR count). The summed E-state index contributed by atoms with van der Waals surface area (Å²) in [7, 11) is -3.63. The number of anilines is 1. The van der Waals surface area contributed by atoms with Crippen molar-refractivity contribution in [2.75, 3.05) is 17.1 Å². The molecular formula is C35H44ClN3O4S. The summed E-state index contributed by atoms with van der Waals surface area (Å²) in [4.78, 5) is 29.8. The van der Waals surface area contributed by atoms with E-state index in [4.69, 9.17) is 11.6 Å². The molecule has 3 aromatic rings. The van der Waals surface area contributed by atoms with Gasteiger partial charge in [0.15, 0.2) is 0 Å². The lowest BCUT2D eigenvalue weighted by Crippen LogP contribution is -2.53. The fourth-order valence-electron chi connectivity index (χ4n) is 5.92. The molecular weight excluding hydrogens is 594 g/mol. The number of benzene rings is 3. The molecule has 2 amide bonds. The first-order valence-electron chi connectivity index (χ1n) is 15.5. The Labute approximate surface area is 267 Å². The molecule has 0 spiro atoms. The first kappa shape index (κ1) is 33.5. The van der Waals surface area contributed by atoms with Gasteiger partial charge < -0.3 is 10.2 Å². The molecule has 0 bridgehead atoms. The van der Waals surface area contributed by atoms with E-state index in [9.17, 15) is 18.0 Å². The van der Waals surface area contributed by atoms with E-state index in [1.54, 1.807) is 30.0 Å². The monoisotopic (exact) mass is 637 g/mol. The highest BCUT2D eigenvalue weighted by molar-refractivity contribution is 7.92. The summed E-state index contributed by atoms with van der Waals surface area (Å²) >= 11 is 6.30. The molecule has 0 aromatic heterocycles. The van der Waals surface area contributed by atoms with Crippen molar-refractivity contribution in [3.05, 3.63) is 100 Å². The van der Waals surface area contributed by atoms with E-state index >= 15 is 0 Å². The van der Waals surface area contributed by atoms with Crippen molar-refractivity contribution in [3.8, 4) is 0 Å². The largest absolute Gasteiger partial charge is 0.352 e. The fraction of sp³-hybridized carbons (Fsp3) is 0.429. The lowest BCUT2D eigenvalue weighted by Gasteiger charge is -2.34. The number of hydrogen-bond donors (Lipinski definition) is 1. The van der Waals surface area contributed by atoms with Crippen LogP contribution < -0.4 is 9.62 Å². The van der Waals surface area contributed by atoms with E-state index < -0.39 is 16.1 Å². The second kappa shape index (κ2) is 15.6. The van der Waals surface area contributed by atoms with Gasteiger partial charge in [-0.1, -0.05) is 91.5 Å². The van der Waals surface area contributed by atoms with Crippen LogP contribution in [-0.2, 0) is 32.6 Å². The Balaban J connectivity index is 1.61. The summed E-state index contributed by atoms with van der Waals surface area (Å²) in [6, 6.07) is 22.2. The normalized spacial score (nSPS) is 14.5. The van der Waals surface area contributed by atoms with Crippen molar-refractivity contribution in [2.45, 2.75) is 83.8 Å². The third-order valence-corrected chi connectivity index (χ3v) is 10.1. The number of hydrogen-bond acceptors (Lipinski definition) is 4. The van der Waals surface area contributed by atoms with Gasteiger partial charge in [-0.15, -0.1) is 0 Å². The zero-order valence-electron chi connectivity index (χ0n) is 26.0. The number of carbonyl (C=O) groups excluding carboxylic acids is 2. The molecule has 0 heterocycles. The lowest BCUT2D eigenvalue weighted by atomic mass is 9.94. The van der Waals surface area contributed by atoms with Crippen molar-refractivity contribution >= 4 is 39.1 Å². The average molecular weight is 638 g/mol. The van der Waals surface area contributed by atoms with Gasteiger partial charge in [0.25, 0.3) is 0 Å². The van der Waals surface area contributed by atoms with Crippen LogP contribution in [0.25, 0.3) is 0 Å². The highest BCUT2D eigenvalue weighted by Gasteiger charge is 2.32. The highest BCUT2D eigenvalue weighted by Crippen LogP contribution is 2.29. The molecule has 1 fully saturated rings. The van der Waals surface area contributed by atoms with Gasteiger partial charge in [0.2, 0.25) is 21.8 Å². The van der Waals surface area contributed by atoms with Gasteiger partial charge in [0, 0.05) is 37.0 Å². The third kappa shape index (κ3) is 9.08. The second-order valence-electron chi connectivity index (χ2n) is 11.8. The van der Waals surface area contributed by atoms with Crippen molar-refractivity contribution in [3.63, 3.8) is 0 Å². The minimum absolute atomic E-state index is 0.0828. The lowest BCUT2D eigenvalue weighted by molar-refractivity contribution is -0.141. The number of sulfonamides is 1. The van der Waals surface area contributed by atoms with E-state index in [0.717, 1.165) is 48.6 Å². The van der Waals surface area contributed by atoms with E-state index in [-0.39, 0.29) is 43.8 Å². The van der Waals surface area contributed by atoms with E-state index in [1.165, 1.54) is 10.7 Å². The number of rotatable bonds is 13. The molecule has 1 atom stereocenters. The number of nitrogens with one attached hydrogen (secondary N) is 1. The van der Waals surface area contributed by atoms with Crippen LogP contribution in [0, 0.1) is 13.8 Å². The second-order valence-corrected chi connectivity index (χ2v) is 14.1. The van der Waals surface area contributed by atoms with Gasteiger partial charge in [-0.25, -0.2) is 8.42 Å². The zero-order valence-corrected chi connectivity index (χ0v) is 27.5. The average Bonchev–Trinajstić information content (AvgIpc) is 3.00. The molecule has 1 aliphatic rings. The molecule has 3 aromatic carbocycles. The molecule has 1 N–H and O–H groups in total. The first-order chi connectivity index (χ1) is 21.0. The van der Waals surface area contributed by atoms with Crippen LogP contribution in [-0.4, -0.2) is 50.0 Å². The maximum atomic E-state index is 14.1. The Kier molecular flexibility index (Phi) is 11.9. The van der Waals surface area contributed by atoms with E-state index in [2.05, 4.69) is 5.32 Å². The summed E-state index contributed by atoms with van der Waals surface area (Å²) in [6.07, 6.45) is 7.14. The van der Waals surface area contributed by atoms with Crippen molar-refractivity contribution in [1.29, 1.82) is 0 Å². The van der Waals surface area contributed by atoms with Crippen molar-refractivity contribution in [1.82, 2.24) is 10.2 Å². The molecule has 236 valence electrons. The van der Waals surface area contributed by atoms with Crippen LogP contribution in [0.2, 0.25) is 5.02 Å². The molecule has 0 radical (unpaired) electrons. The van der Waals surface area contributed by atoms with Gasteiger partial charge in [-0.3, -0.25) is 13.9 Å². The predicted octanol–water partition coefficient (Wildman–Crippen LogP) is 6.59. The van der Waals surface area contributed by atoms with Gasteiger partial charge >= 0.3 is 0 Å². The van der Waals surface area contributed by atoms with Crippen LogP contribution in [0.4, 0.5) is 5.69 Å². The van der Waals surface area contributed by atoms with Gasteiger partial charge in [-0.05, 0) is 67.5 Å². The number of nitrogens with zero attached hydrogens (tertiary/aromatic N) is 2. The van der Waals surface area contributed by atoms with E-state index in [1.807, 2.05) is 61.5 Å². The van der Waals surface area contributed by atoms with Crippen molar-refractivity contribution in [2.24, 2.45) is 0 Å². The highest BCUT2D eigenvalue weighted by atomic mass is 35.5. The molecule has 44 heavy (non-hydrogen) atoms. The smallest absolute Gasteiger partial charge is 0.243 e. The maximum Gasteiger partial charge on any atom is 0.243 e. The Hall–Kier alpha value is -3.36. The minimum atomic E-state index is -3.63. The molecule has 1 aliphatic carbocycles. The van der Waals surface area contributed by atoms with Crippen molar-refractivity contribution < 1.29 is 18.0 Å². The Morgan fingerprint density at radius 1 is 0.932 bits per heavy atom. The fourth-order valence-corrected chi connectivity index (χ4v) is 7.10. The molecule has 0 saturated heterocycles. The van der Waals surface area contributed by atoms with Crippen LogP contribution in [0.3, 0.4) is 0 Å². The SMILES string of the molecule is Cc1ccccc1CN(C(=O)CCCN(c1cccc(Cl)c1C)S(C)(=O)=O)[C@H](Cc1ccccc1)C(=O)NC1CCCCC1. The Morgan fingerprint density at radius 3 is 2.30 bits per heavy atom. The van der Waals surface area contributed by atoms with Crippen LogP contribution in [0.5, 0.6) is 0 Å². The molecule has 7 nitrogen and oxygen atoms in total. The summed E-state index contributed by atoms with van der Waals surface area (Å²) < 4.78 is 26.9. The molecule has 9 heteroatoms. The standard InChI is InChI=1S/C35H44ClN3O4S/c1-26-14-10-11-17-29(26)25-38(33(24-28-15-6-4-7-16-28)35(41)37-30-18-8-5-9-19-30)34(40)22-13-23-39(44(3,42)43)32-21-12-20-31(36)27(32)2/h4,6-7,10-12,14-17,20-21,30,33H,5,8-9,13,18-19,22-25H2,1-3H3,(H,37,41)/t33-/m1/s1. The summed E-state index contributed by atoms with van der Waals surface area (Å²) in [5.74, 6) is -0.334. The van der Waals surface area contributed by atoms with Gasteiger partial charge in [0.1, 0.15) is 6.04 Å². The topological polar surface area (TPSA) is 86.8 Å². The number of aryl methyl sites for hydroxylation is 1. The first-order valence-corrected chi connectivity index (χ1v) is 17.7. The third-order valence-electron chi connectivity index (χ3n) is 8.48. The van der Waals surface area contributed by atoms with Gasteiger partial charge in [0.05, 0.1) is 11.9 Å². The van der Waals surface area contributed by atoms with E-state index in [0.29, 0.717) is 22.7 Å². The molecule has 1 saturated carbocycles. The number of carbonyl (C=O) groups is 2. The van der Waals surface area contributed by atoms with Crippen LogP contribution >= 0.6 is 11.6 Å².